The monoisotopic (exact) mass is 231 g/mol. The van der Waals surface area contributed by atoms with E-state index in [1.807, 2.05) is 25.1 Å². The second kappa shape index (κ2) is 4.78. The van der Waals surface area contributed by atoms with Crippen molar-refractivity contribution in [3.05, 3.63) is 47.6 Å². The normalized spacial score (nSPS) is 12.1. The Morgan fingerprint density at radius 1 is 1.47 bits per heavy atom. The summed E-state index contributed by atoms with van der Waals surface area (Å²) >= 11 is 0. The molecule has 88 valence electrons. The molecule has 1 atom stereocenters. The number of hydrogen-bond acceptors (Lipinski definition) is 4. The Morgan fingerprint density at radius 2 is 2.29 bits per heavy atom. The Bertz CT molecular complexity index is 507. The number of aromatic nitrogens is 2. The standard InChI is InChI=1S/C12H13N3O2/c1-8-7-11(17-15-8)12(16)14-9(2)10-5-3-4-6-13-10/h3-7,9H,1-2H3,(H,14,16)/t9-/m0/s1. The molecule has 2 aromatic heterocycles. The van der Waals surface area contributed by atoms with Crippen molar-refractivity contribution in [2.45, 2.75) is 19.9 Å². The quantitative estimate of drug-likeness (QED) is 0.875. The molecule has 0 aromatic carbocycles. The van der Waals surface area contributed by atoms with Crippen molar-refractivity contribution in [1.82, 2.24) is 15.5 Å². The third kappa shape index (κ3) is 2.69. The zero-order valence-corrected chi connectivity index (χ0v) is 9.68. The van der Waals surface area contributed by atoms with Crippen molar-refractivity contribution < 1.29 is 9.32 Å². The van der Waals surface area contributed by atoms with E-state index in [-0.39, 0.29) is 17.7 Å². The molecule has 0 spiro atoms. The third-order valence-electron chi connectivity index (χ3n) is 2.33. The summed E-state index contributed by atoms with van der Waals surface area (Å²) in [7, 11) is 0. The third-order valence-corrected chi connectivity index (χ3v) is 2.33. The van der Waals surface area contributed by atoms with Gasteiger partial charge in [0.2, 0.25) is 5.76 Å². The fraction of sp³-hybridized carbons (Fsp3) is 0.250. The largest absolute Gasteiger partial charge is 0.351 e. The van der Waals surface area contributed by atoms with Crippen LogP contribution in [0.2, 0.25) is 0 Å². The molecule has 5 heteroatoms. The van der Waals surface area contributed by atoms with Gasteiger partial charge in [-0.05, 0) is 26.0 Å². The Hall–Kier alpha value is -2.17. The first-order valence-corrected chi connectivity index (χ1v) is 5.32. The molecule has 0 saturated carbocycles. The summed E-state index contributed by atoms with van der Waals surface area (Å²) in [5.41, 5.74) is 1.48. The Morgan fingerprint density at radius 3 is 2.88 bits per heavy atom. The SMILES string of the molecule is Cc1cc(C(=O)N[C@@H](C)c2ccccn2)on1. The first kappa shape index (κ1) is 11.3. The van der Waals surface area contributed by atoms with Crippen LogP contribution in [0.3, 0.4) is 0 Å². The van der Waals surface area contributed by atoms with Crippen LogP contribution in [0.5, 0.6) is 0 Å². The summed E-state index contributed by atoms with van der Waals surface area (Å²) in [5, 5.41) is 6.46. The van der Waals surface area contributed by atoms with Crippen LogP contribution in [0.1, 0.15) is 34.9 Å². The number of carbonyl (C=O) groups is 1. The molecule has 2 rings (SSSR count). The lowest BCUT2D eigenvalue weighted by atomic mass is 10.2. The number of carbonyl (C=O) groups excluding carboxylic acids is 1. The lowest BCUT2D eigenvalue weighted by Crippen LogP contribution is -2.26. The minimum atomic E-state index is -0.288. The Kier molecular flexibility index (Phi) is 3.18. The van der Waals surface area contributed by atoms with Crippen LogP contribution in [-0.2, 0) is 0 Å². The van der Waals surface area contributed by atoms with Gasteiger partial charge in [-0.25, -0.2) is 0 Å². The second-order valence-electron chi connectivity index (χ2n) is 3.78. The maximum Gasteiger partial charge on any atom is 0.290 e. The van der Waals surface area contributed by atoms with Gasteiger partial charge in [-0.15, -0.1) is 0 Å². The van der Waals surface area contributed by atoms with E-state index in [1.165, 1.54) is 0 Å². The van der Waals surface area contributed by atoms with Crippen molar-refractivity contribution in [3.63, 3.8) is 0 Å². The molecule has 2 heterocycles. The highest BCUT2D eigenvalue weighted by molar-refractivity contribution is 5.91. The van der Waals surface area contributed by atoms with Crippen LogP contribution >= 0.6 is 0 Å². The van der Waals surface area contributed by atoms with Gasteiger partial charge in [-0.3, -0.25) is 9.78 Å². The predicted molar refractivity (Wildman–Crippen MR) is 61.4 cm³/mol. The lowest BCUT2D eigenvalue weighted by molar-refractivity contribution is 0.0902. The molecule has 0 saturated heterocycles. The van der Waals surface area contributed by atoms with E-state index < -0.39 is 0 Å². The first-order valence-electron chi connectivity index (χ1n) is 5.32. The molecule has 5 nitrogen and oxygen atoms in total. The Labute approximate surface area is 98.8 Å². The summed E-state index contributed by atoms with van der Waals surface area (Å²) in [6.45, 7) is 3.63. The molecular formula is C12H13N3O2. The van der Waals surface area contributed by atoms with E-state index in [1.54, 1.807) is 19.2 Å². The molecule has 0 radical (unpaired) electrons. The topological polar surface area (TPSA) is 68.0 Å². The molecular weight excluding hydrogens is 218 g/mol. The number of nitrogens with zero attached hydrogens (tertiary/aromatic N) is 2. The summed E-state index contributed by atoms with van der Waals surface area (Å²) in [5.74, 6) is -0.0750. The zero-order chi connectivity index (χ0) is 12.3. The van der Waals surface area contributed by atoms with Crippen LogP contribution < -0.4 is 5.32 Å². The van der Waals surface area contributed by atoms with Gasteiger partial charge < -0.3 is 9.84 Å². The van der Waals surface area contributed by atoms with E-state index in [0.29, 0.717) is 5.69 Å². The van der Waals surface area contributed by atoms with Crippen LogP contribution in [0.15, 0.2) is 35.0 Å². The molecule has 0 aliphatic carbocycles. The smallest absolute Gasteiger partial charge is 0.290 e. The minimum absolute atomic E-state index is 0.172. The van der Waals surface area contributed by atoms with Gasteiger partial charge in [-0.1, -0.05) is 11.2 Å². The maximum absolute atomic E-state index is 11.8. The average molecular weight is 231 g/mol. The molecule has 0 aliphatic rings. The van der Waals surface area contributed by atoms with Gasteiger partial charge in [0, 0.05) is 12.3 Å². The van der Waals surface area contributed by atoms with Crippen molar-refractivity contribution in [2.75, 3.05) is 0 Å². The highest BCUT2D eigenvalue weighted by Gasteiger charge is 2.15. The highest BCUT2D eigenvalue weighted by atomic mass is 16.5. The van der Waals surface area contributed by atoms with E-state index in [0.717, 1.165) is 5.69 Å². The van der Waals surface area contributed by atoms with Crippen molar-refractivity contribution in [2.24, 2.45) is 0 Å². The van der Waals surface area contributed by atoms with Crippen LogP contribution in [0.25, 0.3) is 0 Å². The number of rotatable bonds is 3. The van der Waals surface area contributed by atoms with Gasteiger partial charge in [0.05, 0.1) is 17.4 Å². The zero-order valence-electron chi connectivity index (χ0n) is 9.68. The van der Waals surface area contributed by atoms with Gasteiger partial charge in [-0.2, -0.15) is 0 Å². The molecule has 1 amide bonds. The summed E-state index contributed by atoms with van der Waals surface area (Å²) < 4.78 is 4.88. The van der Waals surface area contributed by atoms with Crippen molar-refractivity contribution in [3.8, 4) is 0 Å². The molecule has 1 N–H and O–H groups in total. The second-order valence-corrected chi connectivity index (χ2v) is 3.78. The van der Waals surface area contributed by atoms with Gasteiger partial charge in [0.25, 0.3) is 5.91 Å². The molecule has 2 aromatic rings. The highest BCUT2D eigenvalue weighted by Crippen LogP contribution is 2.10. The van der Waals surface area contributed by atoms with Gasteiger partial charge in [0.15, 0.2) is 0 Å². The predicted octanol–water partition coefficient (Wildman–Crippen LogP) is 1.87. The summed E-state index contributed by atoms with van der Waals surface area (Å²) in [6, 6.07) is 6.99. The number of nitrogens with one attached hydrogen (secondary N) is 1. The van der Waals surface area contributed by atoms with E-state index >= 15 is 0 Å². The number of aryl methyl sites for hydroxylation is 1. The maximum atomic E-state index is 11.8. The molecule has 0 bridgehead atoms. The van der Waals surface area contributed by atoms with E-state index in [4.69, 9.17) is 4.52 Å². The molecule has 0 fully saturated rings. The van der Waals surface area contributed by atoms with Gasteiger partial charge in [0.1, 0.15) is 0 Å². The van der Waals surface area contributed by atoms with Crippen LogP contribution in [0.4, 0.5) is 0 Å². The summed E-state index contributed by atoms with van der Waals surface area (Å²) in [6.07, 6.45) is 1.69. The number of amides is 1. The molecule has 0 unspecified atom stereocenters. The molecule has 0 aliphatic heterocycles. The minimum Gasteiger partial charge on any atom is -0.351 e. The lowest BCUT2D eigenvalue weighted by Gasteiger charge is -2.11. The van der Waals surface area contributed by atoms with Crippen molar-refractivity contribution in [1.29, 1.82) is 0 Å². The van der Waals surface area contributed by atoms with Crippen LogP contribution in [0, 0.1) is 6.92 Å². The number of pyridine rings is 1. The first-order chi connectivity index (χ1) is 8.16. The van der Waals surface area contributed by atoms with Crippen LogP contribution in [-0.4, -0.2) is 16.0 Å². The average Bonchev–Trinajstić information content (AvgIpc) is 2.77. The van der Waals surface area contributed by atoms with Gasteiger partial charge >= 0.3 is 0 Å². The van der Waals surface area contributed by atoms with Crippen molar-refractivity contribution >= 4 is 5.91 Å². The Balaban J connectivity index is 2.04. The fourth-order valence-corrected chi connectivity index (χ4v) is 1.44. The number of hydrogen-bond donors (Lipinski definition) is 1. The molecule has 17 heavy (non-hydrogen) atoms. The van der Waals surface area contributed by atoms with E-state index in [2.05, 4.69) is 15.5 Å². The fourth-order valence-electron chi connectivity index (χ4n) is 1.44. The summed E-state index contributed by atoms with van der Waals surface area (Å²) in [4.78, 5) is 15.9. The van der Waals surface area contributed by atoms with E-state index in [9.17, 15) is 4.79 Å².